The van der Waals surface area contributed by atoms with Crippen molar-refractivity contribution in [1.29, 1.82) is 0 Å². The Bertz CT molecular complexity index is 404. The van der Waals surface area contributed by atoms with Gasteiger partial charge in [-0.05, 0) is 19.1 Å². The molecule has 1 aromatic carbocycles. The minimum atomic E-state index is -2.77. The second kappa shape index (κ2) is 6.48. The molecule has 0 saturated carbocycles. The summed E-state index contributed by atoms with van der Waals surface area (Å²) in [6, 6.07) is 9.50. The molecule has 100 valence electrons. The Balaban J connectivity index is 2.13. The van der Waals surface area contributed by atoms with Crippen molar-refractivity contribution in [3.05, 3.63) is 30.3 Å². The van der Waals surface area contributed by atoms with E-state index in [9.17, 15) is 4.57 Å². The topological polar surface area (TPSA) is 38.8 Å². The van der Waals surface area contributed by atoms with E-state index in [0.717, 1.165) is 18.4 Å². The van der Waals surface area contributed by atoms with Crippen LogP contribution in [0.15, 0.2) is 30.3 Å². The Hall–Kier alpha value is -0.670. The van der Waals surface area contributed by atoms with Crippen molar-refractivity contribution in [2.45, 2.75) is 6.92 Å². The van der Waals surface area contributed by atoms with Crippen LogP contribution in [0.3, 0.4) is 0 Å². The van der Waals surface area contributed by atoms with E-state index >= 15 is 0 Å². The first-order chi connectivity index (χ1) is 8.74. The molecule has 0 aliphatic carbocycles. The molecule has 5 heteroatoms. The van der Waals surface area contributed by atoms with Crippen LogP contribution >= 0.6 is 7.37 Å². The van der Waals surface area contributed by atoms with Crippen molar-refractivity contribution in [2.75, 3.05) is 39.2 Å². The first kappa shape index (κ1) is 13.8. The van der Waals surface area contributed by atoms with Crippen LogP contribution in [0.1, 0.15) is 6.92 Å². The molecule has 0 amide bonds. The van der Waals surface area contributed by atoms with Gasteiger partial charge in [0.2, 0.25) is 7.37 Å². The average molecular weight is 269 g/mol. The lowest BCUT2D eigenvalue weighted by molar-refractivity contribution is 0.0451. The predicted octanol–water partition coefficient (Wildman–Crippen LogP) is 1.92. The first-order valence-corrected chi connectivity index (χ1v) is 8.15. The Morgan fingerprint density at radius 2 is 1.94 bits per heavy atom. The molecule has 1 atom stereocenters. The second-order valence-electron chi connectivity index (χ2n) is 4.30. The maximum absolute atomic E-state index is 13.0. The van der Waals surface area contributed by atoms with Gasteiger partial charge in [-0.15, -0.1) is 0 Å². The fourth-order valence-corrected chi connectivity index (χ4v) is 4.31. The lowest BCUT2D eigenvalue weighted by atomic mass is 10.4. The minimum absolute atomic E-state index is 0.469. The predicted molar refractivity (Wildman–Crippen MR) is 72.6 cm³/mol. The zero-order valence-electron chi connectivity index (χ0n) is 10.7. The summed E-state index contributed by atoms with van der Waals surface area (Å²) < 4.78 is 23.9. The average Bonchev–Trinajstić information content (AvgIpc) is 2.41. The van der Waals surface area contributed by atoms with Crippen LogP contribution in [-0.4, -0.2) is 44.1 Å². The molecule has 1 aromatic rings. The van der Waals surface area contributed by atoms with Gasteiger partial charge in [-0.1, -0.05) is 18.2 Å². The normalized spacial score (nSPS) is 20.5. The van der Waals surface area contributed by atoms with Crippen molar-refractivity contribution in [3.8, 4) is 0 Å². The summed E-state index contributed by atoms with van der Waals surface area (Å²) in [5.74, 6) is 0. The molecule has 0 N–H and O–H groups in total. The van der Waals surface area contributed by atoms with E-state index in [4.69, 9.17) is 9.26 Å². The number of hydrogen-bond donors (Lipinski definition) is 0. The van der Waals surface area contributed by atoms with Gasteiger partial charge in [-0.3, -0.25) is 9.46 Å². The molecule has 0 bridgehead atoms. The second-order valence-corrected chi connectivity index (χ2v) is 6.70. The summed E-state index contributed by atoms with van der Waals surface area (Å²) in [5.41, 5.74) is 0. The van der Waals surface area contributed by atoms with Gasteiger partial charge in [0.05, 0.1) is 26.1 Å². The van der Waals surface area contributed by atoms with Crippen molar-refractivity contribution in [2.24, 2.45) is 0 Å². The van der Waals surface area contributed by atoms with Gasteiger partial charge in [0.1, 0.15) is 0 Å². The summed E-state index contributed by atoms with van der Waals surface area (Å²) in [5, 5.41) is 0.804. The highest BCUT2D eigenvalue weighted by atomic mass is 31.2. The van der Waals surface area contributed by atoms with E-state index in [1.165, 1.54) is 0 Å². The highest BCUT2D eigenvalue weighted by Gasteiger charge is 2.29. The smallest absolute Gasteiger partial charge is 0.245 e. The third-order valence-corrected chi connectivity index (χ3v) is 5.51. The molecule has 1 saturated heterocycles. The zero-order chi connectivity index (χ0) is 12.8. The van der Waals surface area contributed by atoms with Crippen LogP contribution in [0.25, 0.3) is 0 Å². The molecule has 1 heterocycles. The number of benzene rings is 1. The van der Waals surface area contributed by atoms with Crippen molar-refractivity contribution in [3.63, 3.8) is 0 Å². The van der Waals surface area contributed by atoms with E-state index < -0.39 is 7.37 Å². The molecule has 1 aliphatic rings. The van der Waals surface area contributed by atoms with Gasteiger partial charge in [0, 0.05) is 18.4 Å². The third kappa shape index (κ3) is 3.42. The van der Waals surface area contributed by atoms with E-state index in [-0.39, 0.29) is 0 Å². The molecule has 4 nitrogen and oxygen atoms in total. The van der Waals surface area contributed by atoms with Gasteiger partial charge in [-0.2, -0.15) is 0 Å². The highest BCUT2D eigenvalue weighted by Crippen LogP contribution is 2.46. The highest BCUT2D eigenvalue weighted by molar-refractivity contribution is 7.66. The third-order valence-electron chi connectivity index (χ3n) is 2.98. The molecule has 0 radical (unpaired) electrons. The molecule has 2 rings (SSSR count). The van der Waals surface area contributed by atoms with E-state index in [1.54, 1.807) is 0 Å². The van der Waals surface area contributed by atoms with Crippen molar-refractivity contribution in [1.82, 2.24) is 4.90 Å². The van der Waals surface area contributed by atoms with Crippen molar-refractivity contribution < 1.29 is 13.8 Å². The molecule has 0 spiro atoms. The minimum Gasteiger partial charge on any atom is -0.379 e. The zero-order valence-corrected chi connectivity index (χ0v) is 11.6. The number of rotatable bonds is 5. The fourth-order valence-electron chi connectivity index (χ4n) is 2.07. The summed E-state index contributed by atoms with van der Waals surface area (Å²) in [7, 11) is -2.77. The molecule has 1 aliphatic heterocycles. The van der Waals surface area contributed by atoms with Crippen LogP contribution in [0.2, 0.25) is 0 Å². The summed E-state index contributed by atoms with van der Waals surface area (Å²) in [6.07, 6.45) is 0.480. The lowest BCUT2D eigenvalue weighted by Crippen LogP contribution is -2.38. The van der Waals surface area contributed by atoms with Crippen LogP contribution in [-0.2, 0) is 13.8 Å². The largest absolute Gasteiger partial charge is 0.379 e. The Morgan fingerprint density at radius 3 is 2.56 bits per heavy atom. The van der Waals surface area contributed by atoms with Crippen LogP contribution in [0.5, 0.6) is 0 Å². The summed E-state index contributed by atoms with van der Waals surface area (Å²) in [6.45, 7) is 5.42. The lowest BCUT2D eigenvalue weighted by Gasteiger charge is -2.30. The Labute approximate surface area is 108 Å². The SMILES string of the molecule is CCO[P@](=O)(CN1CCOCC1)c1ccccc1. The van der Waals surface area contributed by atoms with Crippen LogP contribution in [0, 0.1) is 0 Å². The van der Waals surface area contributed by atoms with Crippen LogP contribution in [0.4, 0.5) is 0 Å². The maximum Gasteiger partial charge on any atom is 0.245 e. The molecule has 1 fully saturated rings. The Kier molecular flexibility index (Phi) is 4.95. The molecule has 18 heavy (non-hydrogen) atoms. The van der Waals surface area contributed by atoms with Gasteiger partial charge in [0.25, 0.3) is 0 Å². The maximum atomic E-state index is 13.0. The molecule has 0 aromatic heterocycles. The van der Waals surface area contributed by atoms with Gasteiger partial charge >= 0.3 is 0 Å². The first-order valence-electron chi connectivity index (χ1n) is 6.34. The quantitative estimate of drug-likeness (QED) is 0.765. The van der Waals surface area contributed by atoms with Gasteiger partial charge in [-0.25, -0.2) is 0 Å². The van der Waals surface area contributed by atoms with Gasteiger partial charge < -0.3 is 9.26 Å². The fraction of sp³-hybridized carbons (Fsp3) is 0.538. The molecule has 0 unspecified atom stereocenters. The number of ether oxygens (including phenoxy) is 1. The van der Waals surface area contributed by atoms with E-state index in [1.807, 2.05) is 37.3 Å². The molecular weight excluding hydrogens is 249 g/mol. The summed E-state index contributed by atoms with van der Waals surface area (Å²) >= 11 is 0. The van der Waals surface area contributed by atoms with Crippen LogP contribution < -0.4 is 5.30 Å². The monoisotopic (exact) mass is 269 g/mol. The number of nitrogens with zero attached hydrogens (tertiary/aromatic N) is 1. The number of hydrogen-bond acceptors (Lipinski definition) is 4. The van der Waals surface area contributed by atoms with Gasteiger partial charge in [0.15, 0.2) is 0 Å². The van der Waals surface area contributed by atoms with Crippen molar-refractivity contribution >= 4 is 12.7 Å². The molecular formula is C13H20NO3P. The number of morpholine rings is 1. The van der Waals surface area contributed by atoms with E-state index in [2.05, 4.69) is 4.90 Å². The van der Waals surface area contributed by atoms with E-state index in [0.29, 0.717) is 26.1 Å². The summed E-state index contributed by atoms with van der Waals surface area (Å²) in [4.78, 5) is 2.16. The standard InChI is InChI=1S/C13H20NO3P/c1-2-17-18(15,13-6-4-3-5-7-13)12-14-8-10-16-11-9-14/h3-7H,2,8-12H2,1H3/t18-/m1/s1. The Morgan fingerprint density at radius 1 is 1.28 bits per heavy atom.